The zero-order valence-electron chi connectivity index (χ0n) is 12.7. The lowest BCUT2D eigenvalue weighted by atomic mass is 9.71. The van der Waals surface area contributed by atoms with E-state index in [4.69, 9.17) is 0 Å². The number of carboxylic acid groups (broad SMARTS) is 1. The first kappa shape index (κ1) is 15.5. The van der Waals surface area contributed by atoms with Crippen LogP contribution in [0.25, 0.3) is 0 Å². The van der Waals surface area contributed by atoms with E-state index in [1.54, 1.807) is 16.8 Å². The third kappa shape index (κ3) is 2.64. The molecule has 3 rings (SSSR count). The zero-order chi connectivity index (χ0) is 15.6. The van der Waals surface area contributed by atoms with Crippen molar-refractivity contribution >= 4 is 23.8 Å². The van der Waals surface area contributed by atoms with Gasteiger partial charge < -0.3 is 10.0 Å². The van der Waals surface area contributed by atoms with E-state index in [2.05, 4.69) is 0 Å². The molecule has 1 aliphatic heterocycles. The number of hydrogen-bond acceptors (Lipinski definition) is 3. The van der Waals surface area contributed by atoms with Crippen molar-refractivity contribution in [3.8, 4) is 0 Å². The van der Waals surface area contributed by atoms with Crippen LogP contribution < -0.4 is 0 Å². The molecular weight excluding hydrogens is 300 g/mol. The summed E-state index contributed by atoms with van der Waals surface area (Å²) in [5.74, 6) is 1.10. The molecule has 0 spiro atoms. The summed E-state index contributed by atoms with van der Waals surface area (Å²) >= 11 is 1.85. The van der Waals surface area contributed by atoms with Gasteiger partial charge in [-0.25, -0.2) is 4.79 Å². The molecule has 0 aromatic carbocycles. The summed E-state index contributed by atoms with van der Waals surface area (Å²) in [5, 5.41) is 9.84. The molecular formula is C16H22N2O3S. The quantitative estimate of drug-likeness (QED) is 0.909. The number of aromatic nitrogens is 1. The van der Waals surface area contributed by atoms with Gasteiger partial charge in [0.1, 0.15) is 5.41 Å². The Morgan fingerprint density at radius 3 is 2.45 bits per heavy atom. The molecule has 2 heterocycles. The molecule has 2 aliphatic rings. The second kappa shape index (κ2) is 6.36. The Bertz CT molecular complexity index is 557. The number of aliphatic carboxylic acids is 1. The molecule has 0 atom stereocenters. The molecule has 1 saturated heterocycles. The largest absolute Gasteiger partial charge is 0.481 e. The molecule has 6 heteroatoms. The summed E-state index contributed by atoms with van der Waals surface area (Å²) in [6.07, 6.45) is 5.86. The summed E-state index contributed by atoms with van der Waals surface area (Å²) < 4.78 is 1.58. The van der Waals surface area contributed by atoms with Gasteiger partial charge in [-0.3, -0.25) is 9.36 Å². The van der Waals surface area contributed by atoms with Crippen LogP contribution in [0.1, 0.15) is 37.8 Å². The molecule has 1 saturated carbocycles. The van der Waals surface area contributed by atoms with E-state index in [1.165, 1.54) is 0 Å². The van der Waals surface area contributed by atoms with Crippen molar-refractivity contribution in [2.75, 3.05) is 24.6 Å². The molecule has 120 valence electrons. The number of carbonyl (C=O) groups is 2. The van der Waals surface area contributed by atoms with Gasteiger partial charge in [0.15, 0.2) is 0 Å². The van der Waals surface area contributed by atoms with E-state index in [9.17, 15) is 14.7 Å². The fourth-order valence-electron chi connectivity index (χ4n) is 3.58. The first-order valence-electron chi connectivity index (χ1n) is 7.93. The maximum atomic E-state index is 12.8. The molecule has 1 amide bonds. The van der Waals surface area contributed by atoms with Crippen LogP contribution in [0.2, 0.25) is 0 Å². The first-order chi connectivity index (χ1) is 10.6. The molecule has 1 aliphatic carbocycles. The number of carbonyl (C=O) groups excluding carboxylic acids is 1. The zero-order valence-corrected chi connectivity index (χ0v) is 13.5. The van der Waals surface area contributed by atoms with Crippen molar-refractivity contribution in [2.24, 2.45) is 0 Å². The summed E-state index contributed by atoms with van der Waals surface area (Å²) in [5.41, 5.74) is -0.245. The highest BCUT2D eigenvalue weighted by Crippen LogP contribution is 2.40. The van der Waals surface area contributed by atoms with Gasteiger partial charge in [-0.1, -0.05) is 19.3 Å². The van der Waals surface area contributed by atoms with Gasteiger partial charge in [0.2, 0.25) is 0 Å². The van der Waals surface area contributed by atoms with Gasteiger partial charge in [0, 0.05) is 36.5 Å². The number of nitrogens with zero attached hydrogens (tertiary/aromatic N) is 2. The fraction of sp³-hybridized carbons (Fsp3) is 0.625. The first-order valence-corrected chi connectivity index (χ1v) is 9.09. The lowest BCUT2D eigenvalue weighted by Gasteiger charge is -2.35. The Morgan fingerprint density at radius 2 is 1.82 bits per heavy atom. The highest BCUT2D eigenvalue weighted by molar-refractivity contribution is 7.99. The lowest BCUT2D eigenvalue weighted by Crippen LogP contribution is -2.45. The van der Waals surface area contributed by atoms with Crippen LogP contribution in [-0.2, 0) is 10.2 Å². The summed E-state index contributed by atoms with van der Waals surface area (Å²) in [4.78, 5) is 26.6. The maximum Gasteiger partial charge on any atom is 0.328 e. The predicted octanol–water partition coefficient (Wildman–Crippen LogP) is 2.79. The second-order valence-electron chi connectivity index (χ2n) is 6.09. The Kier molecular flexibility index (Phi) is 4.47. The van der Waals surface area contributed by atoms with Crippen molar-refractivity contribution in [2.45, 2.75) is 37.5 Å². The number of thioether (sulfide) groups is 1. The minimum Gasteiger partial charge on any atom is -0.481 e. The topological polar surface area (TPSA) is 62.5 Å². The molecule has 1 aromatic rings. The van der Waals surface area contributed by atoms with Crippen LogP contribution in [0, 0.1) is 0 Å². The van der Waals surface area contributed by atoms with Gasteiger partial charge >= 0.3 is 12.0 Å². The number of carboxylic acids is 1. The Hall–Kier alpha value is -1.43. The van der Waals surface area contributed by atoms with Crippen molar-refractivity contribution in [1.29, 1.82) is 0 Å². The van der Waals surface area contributed by atoms with Gasteiger partial charge in [-0.2, -0.15) is 11.8 Å². The number of amides is 1. The smallest absolute Gasteiger partial charge is 0.328 e. The summed E-state index contributed by atoms with van der Waals surface area (Å²) in [6.45, 7) is 1.47. The normalized spacial score (nSPS) is 21.5. The molecule has 1 N–H and O–H groups in total. The summed E-state index contributed by atoms with van der Waals surface area (Å²) in [7, 11) is 0. The highest BCUT2D eigenvalue weighted by Gasteiger charge is 2.44. The van der Waals surface area contributed by atoms with Crippen LogP contribution in [0.15, 0.2) is 18.3 Å². The van der Waals surface area contributed by atoms with E-state index in [0.29, 0.717) is 18.5 Å². The Labute approximate surface area is 134 Å². The Balaban J connectivity index is 1.93. The van der Waals surface area contributed by atoms with E-state index >= 15 is 0 Å². The second-order valence-corrected chi connectivity index (χ2v) is 7.32. The molecule has 1 aromatic heterocycles. The number of rotatable bonds is 2. The lowest BCUT2D eigenvalue weighted by molar-refractivity contribution is -0.145. The third-order valence-electron chi connectivity index (χ3n) is 4.84. The van der Waals surface area contributed by atoms with Gasteiger partial charge in [0.05, 0.1) is 0 Å². The van der Waals surface area contributed by atoms with Crippen molar-refractivity contribution < 1.29 is 14.7 Å². The van der Waals surface area contributed by atoms with Gasteiger partial charge in [-0.15, -0.1) is 0 Å². The van der Waals surface area contributed by atoms with Crippen molar-refractivity contribution in [1.82, 2.24) is 9.47 Å². The van der Waals surface area contributed by atoms with Crippen molar-refractivity contribution in [3.63, 3.8) is 0 Å². The maximum absolute atomic E-state index is 12.8. The van der Waals surface area contributed by atoms with Crippen LogP contribution in [0.5, 0.6) is 0 Å². The van der Waals surface area contributed by atoms with E-state index in [1.807, 2.05) is 22.7 Å². The van der Waals surface area contributed by atoms with Crippen LogP contribution >= 0.6 is 11.8 Å². The average molecular weight is 322 g/mol. The standard InChI is InChI=1S/C16H22N2O3S/c19-14(20)16(6-2-1-3-7-16)13-5-4-8-18(13)15(21)17-9-11-22-12-10-17/h4-5,8H,1-3,6-7,9-12H2,(H,19,20). The predicted molar refractivity (Wildman–Crippen MR) is 86.5 cm³/mol. The molecule has 0 bridgehead atoms. The highest BCUT2D eigenvalue weighted by atomic mass is 32.2. The molecule has 22 heavy (non-hydrogen) atoms. The molecule has 0 unspecified atom stereocenters. The minimum atomic E-state index is -0.901. The van der Waals surface area contributed by atoms with Gasteiger partial charge in [-0.05, 0) is 25.0 Å². The average Bonchev–Trinajstić information content (AvgIpc) is 3.05. The summed E-state index contributed by atoms with van der Waals surface area (Å²) in [6, 6.07) is 3.54. The van der Waals surface area contributed by atoms with E-state index in [0.717, 1.165) is 43.9 Å². The Morgan fingerprint density at radius 1 is 1.14 bits per heavy atom. The third-order valence-corrected chi connectivity index (χ3v) is 5.79. The van der Waals surface area contributed by atoms with Crippen LogP contribution in [0.3, 0.4) is 0 Å². The monoisotopic (exact) mass is 322 g/mol. The van der Waals surface area contributed by atoms with Gasteiger partial charge in [0.25, 0.3) is 0 Å². The minimum absolute atomic E-state index is 0.0773. The van der Waals surface area contributed by atoms with Crippen molar-refractivity contribution in [3.05, 3.63) is 24.0 Å². The number of hydrogen-bond donors (Lipinski definition) is 1. The molecule has 5 nitrogen and oxygen atoms in total. The van der Waals surface area contributed by atoms with Crippen LogP contribution in [-0.4, -0.2) is 51.2 Å². The molecule has 0 radical (unpaired) electrons. The van der Waals surface area contributed by atoms with E-state index < -0.39 is 11.4 Å². The molecule has 2 fully saturated rings. The SMILES string of the molecule is O=C(N1CCSCC1)n1cccc1C1(C(=O)O)CCCCC1. The van der Waals surface area contributed by atoms with Crippen LogP contribution in [0.4, 0.5) is 4.79 Å². The van der Waals surface area contributed by atoms with E-state index in [-0.39, 0.29) is 6.03 Å². The fourth-order valence-corrected chi connectivity index (χ4v) is 4.48.